The molecule has 1 aromatic carbocycles. The summed E-state index contributed by atoms with van der Waals surface area (Å²) in [6.07, 6.45) is 0.362. The number of benzene rings is 1. The number of aromatic nitrogens is 3. The van der Waals surface area contributed by atoms with Crippen LogP contribution in [0.15, 0.2) is 24.3 Å². The standard InChI is InChI=1S/C16H17ClN6O2/c1-3-8-22-11-13(24)18-16(25)21(2)14(11)23-12(19-20-15(22)23)9-4-6-10(17)7-5-9/h4-7,11,14H,3,8H2,1-2H3,(H,18,24,25). The van der Waals surface area contributed by atoms with Crippen LogP contribution in [0.5, 0.6) is 0 Å². The number of likely N-dealkylation sites (N-methyl/N-ethyl adjacent to an activating group) is 1. The molecule has 2 aliphatic heterocycles. The largest absolute Gasteiger partial charge is 0.325 e. The Balaban J connectivity index is 1.87. The van der Waals surface area contributed by atoms with Crippen molar-refractivity contribution in [2.75, 3.05) is 18.5 Å². The molecule has 2 unspecified atom stereocenters. The van der Waals surface area contributed by atoms with Gasteiger partial charge in [-0.05, 0) is 30.7 Å². The van der Waals surface area contributed by atoms with E-state index in [-0.39, 0.29) is 5.91 Å². The van der Waals surface area contributed by atoms with Crippen molar-refractivity contribution in [2.24, 2.45) is 0 Å². The molecule has 2 aromatic rings. The van der Waals surface area contributed by atoms with Gasteiger partial charge in [0.15, 0.2) is 11.9 Å². The van der Waals surface area contributed by atoms with E-state index in [4.69, 9.17) is 11.6 Å². The first kappa shape index (κ1) is 15.9. The minimum Gasteiger partial charge on any atom is -0.325 e. The highest BCUT2D eigenvalue weighted by Crippen LogP contribution is 2.40. The van der Waals surface area contributed by atoms with Crippen molar-refractivity contribution in [2.45, 2.75) is 25.6 Å². The molecule has 9 heteroatoms. The summed E-state index contributed by atoms with van der Waals surface area (Å²) in [5.41, 5.74) is 0.826. The topological polar surface area (TPSA) is 83.4 Å². The summed E-state index contributed by atoms with van der Waals surface area (Å²) in [5, 5.41) is 11.6. The van der Waals surface area contributed by atoms with Gasteiger partial charge in [-0.25, -0.2) is 4.79 Å². The van der Waals surface area contributed by atoms with E-state index >= 15 is 0 Å². The zero-order chi connectivity index (χ0) is 17.7. The first-order valence-electron chi connectivity index (χ1n) is 8.08. The molecule has 0 radical (unpaired) electrons. The summed E-state index contributed by atoms with van der Waals surface area (Å²) < 4.78 is 1.86. The molecule has 4 rings (SSSR count). The molecule has 0 aliphatic carbocycles. The molecule has 130 valence electrons. The molecule has 0 saturated carbocycles. The van der Waals surface area contributed by atoms with Crippen LogP contribution < -0.4 is 10.2 Å². The van der Waals surface area contributed by atoms with Gasteiger partial charge in [0.2, 0.25) is 5.95 Å². The molecule has 0 bridgehead atoms. The van der Waals surface area contributed by atoms with Gasteiger partial charge in [-0.2, -0.15) is 0 Å². The average molecular weight is 361 g/mol. The summed E-state index contributed by atoms with van der Waals surface area (Å²) >= 11 is 5.97. The van der Waals surface area contributed by atoms with E-state index in [1.165, 1.54) is 4.90 Å². The second-order valence-corrected chi connectivity index (χ2v) is 6.59. The first-order chi connectivity index (χ1) is 12.0. The predicted octanol–water partition coefficient (Wildman–Crippen LogP) is 1.88. The fourth-order valence-electron chi connectivity index (χ4n) is 3.47. The Morgan fingerprint density at radius 2 is 1.92 bits per heavy atom. The van der Waals surface area contributed by atoms with Crippen LogP contribution in [0.2, 0.25) is 5.02 Å². The Bertz CT molecular complexity index is 849. The van der Waals surface area contributed by atoms with Crippen LogP contribution in [-0.2, 0) is 4.79 Å². The SMILES string of the molecule is CCCN1c2nnc(-c3ccc(Cl)cc3)n2C2C1C(=O)NC(=O)N2C. The Hall–Kier alpha value is -2.61. The summed E-state index contributed by atoms with van der Waals surface area (Å²) in [4.78, 5) is 28.1. The lowest BCUT2D eigenvalue weighted by molar-refractivity contribution is -0.124. The van der Waals surface area contributed by atoms with Crippen LogP contribution in [-0.4, -0.2) is 51.2 Å². The number of rotatable bonds is 3. The second-order valence-electron chi connectivity index (χ2n) is 6.16. The lowest BCUT2D eigenvalue weighted by Crippen LogP contribution is -2.61. The molecule has 3 heterocycles. The van der Waals surface area contributed by atoms with Crippen molar-refractivity contribution >= 4 is 29.5 Å². The highest BCUT2D eigenvalue weighted by molar-refractivity contribution is 6.30. The Kier molecular flexibility index (Phi) is 3.64. The number of halogens is 1. The molecule has 2 atom stereocenters. The van der Waals surface area contributed by atoms with Crippen LogP contribution in [0, 0.1) is 0 Å². The number of nitrogens with one attached hydrogen (secondary N) is 1. The average Bonchev–Trinajstić information content (AvgIpc) is 3.13. The van der Waals surface area contributed by atoms with E-state index in [9.17, 15) is 9.59 Å². The summed E-state index contributed by atoms with van der Waals surface area (Å²) in [6, 6.07) is 6.31. The maximum Gasteiger partial charge on any atom is 0.325 e. The maximum atomic E-state index is 12.5. The molecule has 1 saturated heterocycles. The van der Waals surface area contributed by atoms with Crippen molar-refractivity contribution in [1.29, 1.82) is 0 Å². The first-order valence-corrected chi connectivity index (χ1v) is 8.46. The third kappa shape index (κ3) is 2.28. The van der Waals surface area contributed by atoms with Crippen molar-refractivity contribution < 1.29 is 9.59 Å². The third-order valence-corrected chi connectivity index (χ3v) is 4.85. The number of hydrogen-bond donors (Lipinski definition) is 1. The Morgan fingerprint density at radius 3 is 2.60 bits per heavy atom. The molecule has 1 N–H and O–H groups in total. The zero-order valence-electron chi connectivity index (χ0n) is 13.8. The van der Waals surface area contributed by atoms with Crippen molar-refractivity contribution in [1.82, 2.24) is 25.0 Å². The monoisotopic (exact) mass is 360 g/mol. The Morgan fingerprint density at radius 1 is 1.20 bits per heavy atom. The van der Waals surface area contributed by atoms with Gasteiger partial charge >= 0.3 is 6.03 Å². The number of nitrogens with zero attached hydrogens (tertiary/aromatic N) is 5. The van der Waals surface area contributed by atoms with E-state index < -0.39 is 18.2 Å². The molecule has 3 amide bonds. The minimum absolute atomic E-state index is 0.311. The summed E-state index contributed by atoms with van der Waals surface area (Å²) in [7, 11) is 1.67. The van der Waals surface area contributed by atoms with Gasteiger partial charge in [0.05, 0.1) is 0 Å². The number of imide groups is 1. The second kappa shape index (κ2) is 5.73. The summed E-state index contributed by atoms with van der Waals surface area (Å²) in [6.45, 7) is 2.68. The number of hydrogen-bond acceptors (Lipinski definition) is 5. The highest BCUT2D eigenvalue weighted by Gasteiger charge is 2.52. The number of carbonyl (C=O) groups excluding carboxylic acids is 2. The number of fused-ring (bicyclic) bond motifs is 3. The molecule has 2 aliphatic rings. The van der Waals surface area contributed by atoms with Crippen molar-refractivity contribution in [3.05, 3.63) is 29.3 Å². The Labute approximate surface area is 149 Å². The number of carbonyl (C=O) groups is 2. The molecular formula is C16H17ClN6O2. The van der Waals surface area contributed by atoms with Crippen molar-refractivity contribution in [3.63, 3.8) is 0 Å². The number of anilines is 1. The molecular weight excluding hydrogens is 344 g/mol. The third-order valence-electron chi connectivity index (χ3n) is 4.60. The van der Waals surface area contributed by atoms with Crippen LogP contribution in [0.1, 0.15) is 19.5 Å². The van der Waals surface area contributed by atoms with E-state index in [0.29, 0.717) is 23.3 Å². The number of amides is 3. The molecule has 1 aromatic heterocycles. The zero-order valence-corrected chi connectivity index (χ0v) is 14.6. The normalized spacial score (nSPS) is 22.0. The van der Waals surface area contributed by atoms with Crippen molar-refractivity contribution in [3.8, 4) is 11.4 Å². The van der Waals surface area contributed by atoms with Gasteiger partial charge in [-0.3, -0.25) is 14.7 Å². The van der Waals surface area contributed by atoms with E-state index in [1.54, 1.807) is 19.2 Å². The lowest BCUT2D eigenvalue weighted by Gasteiger charge is -2.36. The van der Waals surface area contributed by atoms with Crippen LogP contribution in [0.3, 0.4) is 0 Å². The van der Waals surface area contributed by atoms with Crippen LogP contribution in [0.25, 0.3) is 11.4 Å². The summed E-state index contributed by atoms with van der Waals surface area (Å²) in [5.74, 6) is 0.891. The van der Waals surface area contributed by atoms with Gasteiger partial charge < -0.3 is 9.80 Å². The smallest absolute Gasteiger partial charge is 0.325 e. The molecule has 0 spiro atoms. The van der Waals surface area contributed by atoms with Crippen LogP contribution >= 0.6 is 11.6 Å². The van der Waals surface area contributed by atoms with Gasteiger partial charge in [0, 0.05) is 24.2 Å². The quantitative estimate of drug-likeness (QED) is 0.903. The van der Waals surface area contributed by atoms with E-state index in [1.807, 2.05) is 28.5 Å². The fraction of sp³-hybridized carbons (Fsp3) is 0.375. The van der Waals surface area contributed by atoms with Gasteiger partial charge in [-0.15, -0.1) is 10.2 Å². The molecule has 25 heavy (non-hydrogen) atoms. The highest BCUT2D eigenvalue weighted by atomic mass is 35.5. The van der Waals surface area contributed by atoms with Gasteiger partial charge in [0.1, 0.15) is 6.17 Å². The predicted molar refractivity (Wildman–Crippen MR) is 92.2 cm³/mol. The van der Waals surface area contributed by atoms with Gasteiger partial charge in [-0.1, -0.05) is 18.5 Å². The van der Waals surface area contributed by atoms with Gasteiger partial charge in [0.25, 0.3) is 5.91 Å². The van der Waals surface area contributed by atoms with E-state index in [2.05, 4.69) is 15.5 Å². The number of urea groups is 1. The molecule has 1 fully saturated rings. The van der Waals surface area contributed by atoms with E-state index in [0.717, 1.165) is 12.0 Å². The molecule has 8 nitrogen and oxygen atoms in total. The maximum absolute atomic E-state index is 12.5. The van der Waals surface area contributed by atoms with Crippen LogP contribution in [0.4, 0.5) is 10.7 Å². The fourth-order valence-corrected chi connectivity index (χ4v) is 3.60. The lowest BCUT2D eigenvalue weighted by atomic mass is 10.1. The minimum atomic E-state index is -0.515.